The number of thioether (sulfide) groups is 1. The van der Waals surface area contributed by atoms with Gasteiger partial charge in [0.2, 0.25) is 6.43 Å². The molecule has 90 valence electrons. The number of carboxylic acids is 1. The summed E-state index contributed by atoms with van der Waals surface area (Å²) in [6.45, 7) is 1.32. The highest BCUT2D eigenvalue weighted by Crippen LogP contribution is 2.45. The van der Waals surface area contributed by atoms with Crippen LogP contribution < -0.4 is 0 Å². The third-order valence-electron chi connectivity index (χ3n) is 2.96. The maximum Gasteiger partial charge on any atom is 0.311 e. The van der Waals surface area contributed by atoms with E-state index in [9.17, 15) is 13.6 Å². The van der Waals surface area contributed by atoms with Gasteiger partial charge in [-0.1, -0.05) is 18.2 Å². The van der Waals surface area contributed by atoms with E-state index in [4.69, 9.17) is 5.11 Å². The third-order valence-corrected chi connectivity index (χ3v) is 3.56. The fourth-order valence-electron chi connectivity index (χ4n) is 1.84. The van der Waals surface area contributed by atoms with Crippen LogP contribution in [0.15, 0.2) is 23.8 Å². The van der Waals surface area contributed by atoms with E-state index in [-0.39, 0.29) is 0 Å². The number of alkyl halides is 2. The van der Waals surface area contributed by atoms with Crippen molar-refractivity contribution in [1.29, 1.82) is 0 Å². The van der Waals surface area contributed by atoms with E-state index in [0.717, 1.165) is 0 Å². The molecule has 1 rings (SSSR count). The fraction of sp³-hybridized carbons (Fsp3) is 0.545. The molecule has 1 aliphatic rings. The van der Waals surface area contributed by atoms with Gasteiger partial charge in [0.15, 0.2) is 0 Å². The topological polar surface area (TPSA) is 37.3 Å². The summed E-state index contributed by atoms with van der Waals surface area (Å²) < 4.78 is 26.3. The molecule has 0 aromatic rings. The first-order valence-corrected chi connectivity index (χ1v) is 6.21. The van der Waals surface area contributed by atoms with Gasteiger partial charge in [0, 0.05) is 5.75 Å². The minimum absolute atomic E-state index is 0.426. The van der Waals surface area contributed by atoms with Crippen LogP contribution in [0.1, 0.15) is 6.92 Å². The predicted molar refractivity (Wildman–Crippen MR) is 60.8 cm³/mol. The van der Waals surface area contributed by atoms with Gasteiger partial charge in [-0.25, -0.2) is 8.78 Å². The summed E-state index contributed by atoms with van der Waals surface area (Å²) in [5.74, 6) is -1.93. The second-order valence-corrected chi connectivity index (χ2v) is 4.78. The maximum atomic E-state index is 13.1. The van der Waals surface area contributed by atoms with E-state index in [1.54, 1.807) is 18.4 Å². The van der Waals surface area contributed by atoms with Gasteiger partial charge >= 0.3 is 5.97 Å². The van der Waals surface area contributed by atoms with Crippen LogP contribution in [0.4, 0.5) is 8.78 Å². The first kappa shape index (κ1) is 13.2. The highest BCUT2D eigenvalue weighted by molar-refractivity contribution is 7.98. The van der Waals surface area contributed by atoms with Gasteiger partial charge in [-0.05, 0) is 18.8 Å². The van der Waals surface area contributed by atoms with Crippen molar-refractivity contribution in [3.05, 3.63) is 23.8 Å². The summed E-state index contributed by atoms with van der Waals surface area (Å²) >= 11 is 1.41. The Labute approximate surface area is 97.4 Å². The van der Waals surface area contributed by atoms with Gasteiger partial charge < -0.3 is 5.11 Å². The molecule has 0 aliphatic heterocycles. The van der Waals surface area contributed by atoms with Gasteiger partial charge in [-0.15, -0.1) is 0 Å². The Bertz CT molecular complexity index is 339. The van der Waals surface area contributed by atoms with Crippen LogP contribution in [0.25, 0.3) is 0 Å². The summed E-state index contributed by atoms with van der Waals surface area (Å²) in [4.78, 5) is 11.0. The van der Waals surface area contributed by atoms with E-state index >= 15 is 0 Å². The van der Waals surface area contributed by atoms with Crippen LogP contribution in [0.3, 0.4) is 0 Å². The Morgan fingerprint density at radius 1 is 1.69 bits per heavy atom. The fourth-order valence-corrected chi connectivity index (χ4v) is 2.55. The summed E-state index contributed by atoms with van der Waals surface area (Å²) in [6.07, 6.45) is 3.60. The number of rotatable bonds is 4. The average molecular weight is 248 g/mol. The molecule has 0 aromatic heterocycles. The second kappa shape index (κ2) is 4.99. The van der Waals surface area contributed by atoms with Gasteiger partial charge in [-0.2, -0.15) is 11.8 Å². The molecular formula is C11H14F2O2S. The summed E-state index contributed by atoms with van der Waals surface area (Å²) in [7, 11) is 0. The van der Waals surface area contributed by atoms with Crippen molar-refractivity contribution in [2.24, 2.45) is 11.3 Å². The standard InChI is InChI=1S/C11H14F2O2S/c1-11(10(12)13)7(6-16-2)4-3-5-8(11)9(14)15/h3-5,8,10H,6H2,1-2H3,(H,14,15). The van der Waals surface area contributed by atoms with Gasteiger partial charge in [0.25, 0.3) is 0 Å². The second-order valence-electron chi connectivity index (χ2n) is 3.91. The van der Waals surface area contributed by atoms with E-state index in [2.05, 4.69) is 0 Å². The molecule has 16 heavy (non-hydrogen) atoms. The molecule has 5 heteroatoms. The Morgan fingerprint density at radius 2 is 2.31 bits per heavy atom. The first-order valence-electron chi connectivity index (χ1n) is 4.82. The van der Waals surface area contributed by atoms with Crippen molar-refractivity contribution in [2.45, 2.75) is 13.3 Å². The maximum absolute atomic E-state index is 13.1. The number of allylic oxidation sites excluding steroid dienone is 2. The average Bonchev–Trinajstić information content (AvgIpc) is 2.20. The summed E-state index contributed by atoms with van der Waals surface area (Å²) in [5.41, 5.74) is -1.10. The molecule has 2 atom stereocenters. The predicted octanol–water partition coefficient (Wildman–Crippen LogP) is 2.82. The monoisotopic (exact) mass is 248 g/mol. The van der Waals surface area contributed by atoms with Crippen LogP contribution >= 0.6 is 11.8 Å². The number of aliphatic carboxylic acids is 1. The molecule has 1 aliphatic carbocycles. The van der Waals surface area contributed by atoms with Crippen molar-refractivity contribution in [2.75, 3.05) is 12.0 Å². The Balaban J connectivity index is 3.14. The Hall–Kier alpha value is -0.840. The zero-order valence-electron chi connectivity index (χ0n) is 9.11. The van der Waals surface area contributed by atoms with E-state index in [0.29, 0.717) is 11.3 Å². The highest BCUT2D eigenvalue weighted by Gasteiger charge is 2.48. The number of hydrogen-bond donors (Lipinski definition) is 1. The Morgan fingerprint density at radius 3 is 2.75 bits per heavy atom. The quantitative estimate of drug-likeness (QED) is 0.831. The molecule has 2 nitrogen and oxygen atoms in total. The lowest BCUT2D eigenvalue weighted by molar-refractivity contribution is -0.147. The third kappa shape index (κ3) is 2.14. The molecule has 0 radical (unpaired) electrons. The summed E-state index contributed by atoms with van der Waals surface area (Å²) in [6, 6.07) is 0. The molecule has 0 spiro atoms. The zero-order valence-corrected chi connectivity index (χ0v) is 9.93. The minimum atomic E-state index is -2.68. The van der Waals surface area contributed by atoms with Crippen LogP contribution in [0.2, 0.25) is 0 Å². The van der Waals surface area contributed by atoms with Crippen molar-refractivity contribution in [3.8, 4) is 0 Å². The van der Waals surface area contributed by atoms with E-state index in [1.165, 1.54) is 24.8 Å². The van der Waals surface area contributed by atoms with Gasteiger partial charge in [0.1, 0.15) is 0 Å². The van der Waals surface area contributed by atoms with Gasteiger partial charge in [0.05, 0.1) is 11.3 Å². The van der Waals surface area contributed by atoms with Crippen molar-refractivity contribution >= 4 is 17.7 Å². The largest absolute Gasteiger partial charge is 0.481 e. The lowest BCUT2D eigenvalue weighted by atomic mass is 9.69. The number of carboxylic acid groups (broad SMARTS) is 1. The van der Waals surface area contributed by atoms with Crippen molar-refractivity contribution in [3.63, 3.8) is 0 Å². The number of hydrogen-bond acceptors (Lipinski definition) is 2. The molecule has 0 bridgehead atoms. The van der Waals surface area contributed by atoms with Crippen LogP contribution in [0.5, 0.6) is 0 Å². The van der Waals surface area contributed by atoms with Crippen molar-refractivity contribution in [1.82, 2.24) is 0 Å². The highest BCUT2D eigenvalue weighted by atomic mass is 32.2. The number of carbonyl (C=O) groups is 1. The molecule has 0 saturated heterocycles. The lowest BCUT2D eigenvalue weighted by Gasteiger charge is -2.37. The SMILES string of the molecule is CSCC1=CC=CC(C(=O)O)C1(C)C(F)F. The molecule has 0 saturated carbocycles. The summed E-state index contributed by atoms with van der Waals surface area (Å²) in [5, 5.41) is 8.99. The molecule has 1 N–H and O–H groups in total. The Kier molecular flexibility index (Phi) is 4.13. The zero-order chi connectivity index (χ0) is 12.3. The lowest BCUT2D eigenvalue weighted by Crippen LogP contribution is -2.41. The molecule has 2 unspecified atom stereocenters. The molecular weight excluding hydrogens is 234 g/mol. The first-order chi connectivity index (χ1) is 7.44. The normalized spacial score (nSPS) is 29.3. The molecule has 0 amide bonds. The molecule has 0 heterocycles. The van der Waals surface area contributed by atoms with Crippen LogP contribution in [0, 0.1) is 11.3 Å². The number of halogens is 2. The van der Waals surface area contributed by atoms with Crippen LogP contribution in [-0.2, 0) is 4.79 Å². The van der Waals surface area contributed by atoms with E-state index in [1.807, 2.05) is 0 Å². The minimum Gasteiger partial charge on any atom is -0.481 e. The molecule has 0 fully saturated rings. The van der Waals surface area contributed by atoms with Crippen LogP contribution in [-0.4, -0.2) is 29.5 Å². The van der Waals surface area contributed by atoms with Gasteiger partial charge in [-0.3, -0.25) is 4.79 Å². The molecule has 0 aromatic carbocycles. The van der Waals surface area contributed by atoms with Crippen molar-refractivity contribution < 1.29 is 18.7 Å². The van der Waals surface area contributed by atoms with E-state index < -0.39 is 23.7 Å². The smallest absolute Gasteiger partial charge is 0.311 e.